The van der Waals surface area contributed by atoms with Gasteiger partial charge >= 0.3 is 0 Å². The molecule has 0 N–H and O–H groups in total. The van der Waals surface area contributed by atoms with Crippen LogP contribution in [0.4, 0.5) is 0 Å². The molecule has 0 amide bonds. The standard InChI is InChI=1S/C11H10ClN/c1-2-8-6-7-13-11-9(8)4-3-5-10(11)12/h3-7H,2H2,1H3. The summed E-state index contributed by atoms with van der Waals surface area (Å²) >= 11 is 6.02. The highest BCUT2D eigenvalue weighted by molar-refractivity contribution is 6.35. The van der Waals surface area contributed by atoms with Crippen molar-refractivity contribution in [1.82, 2.24) is 4.98 Å². The molecule has 0 radical (unpaired) electrons. The van der Waals surface area contributed by atoms with E-state index in [0.29, 0.717) is 0 Å². The maximum absolute atomic E-state index is 6.02. The summed E-state index contributed by atoms with van der Waals surface area (Å²) in [7, 11) is 0. The van der Waals surface area contributed by atoms with Gasteiger partial charge in [-0.15, -0.1) is 0 Å². The number of benzene rings is 1. The average Bonchev–Trinajstić information content (AvgIpc) is 2.18. The Labute approximate surface area is 82.4 Å². The van der Waals surface area contributed by atoms with Crippen LogP contribution in [0, 0.1) is 0 Å². The summed E-state index contributed by atoms with van der Waals surface area (Å²) in [6, 6.07) is 7.94. The molecule has 0 bridgehead atoms. The third-order valence-corrected chi connectivity index (χ3v) is 2.50. The van der Waals surface area contributed by atoms with Crippen LogP contribution in [0.15, 0.2) is 30.5 Å². The molecule has 0 aliphatic carbocycles. The monoisotopic (exact) mass is 191 g/mol. The molecular formula is C11H10ClN. The molecular weight excluding hydrogens is 182 g/mol. The van der Waals surface area contributed by atoms with E-state index in [1.165, 1.54) is 5.56 Å². The van der Waals surface area contributed by atoms with E-state index in [2.05, 4.69) is 18.0 Å². The van der Waals surface area contributed by atoms with E-state index in [1.54, 1.807) is 0 Å². The van der Waals surface area contributed by atoms with Crippen molar-refractivity contribution in [3.63, 3.8) is 0 Å². The third kappa shape index (κ3) is 1.40. The molecule has 0 aliphatic rings. The summed E-state index contributed by atoms with van der Waals surface area (Å²) in [4.78, 5) is 4.26. The third-order valence-electron chi connectivity index (χ3n) is 2.19. The Bertz CT molecular complexity index is 437. The second-order valence-corrected chi connectivity index (χ2v) is 3.37. The van der Waals surface area contributed by atoms with Crippen molar-refractivity contribution in [2.45, 2.75) is 13.3 Å². The first-order valence-corrected chi connectivity index (χ1v) is 4.73. The molecule has 0 spiro atoms. The molecule has 0 atom stereocenters. The predicted molar refractivity (Wildman–Crippen MR) is 56.1 cm³/mol. The van der Waals surface area contributed by atoms with Gasteiger partial charge in [-0.1, -0.05) is 30.7 Å². The lowest BCUT2D eigenvalue weighted by molar-refractivity contribution is 1.15. The Hall–Kier alpha value is -1.08. The highest BCUT2D eigenvalue weighted by Crippen LogP contribution is 2.23. The van der Waals surface area contributed by atoms with E-state index >= 15 is 0 Å². The number of aryl methyl sites for hydroxylation is 1. The zero-order valence-electron chi connectivity index (χ0n) is 7.42. The van der Waals surface area contributed by atoms with Crippen molar-refractivity contribution in [1.29, 1.82) is 0 Å². The van der Waals surface area contributed by atoms with Gasteiger partial charge in [-0.3, -0.25) is 4.98 Å². The van der Waals surface area contributed by atoms with E-state index in [4.69, 9.17) is 11.6 Å². The molecule has 66 valence electrons. The van der Waals surface area contributed by atoms with E-state index in [0.717, 1.165) is 22.3 Å². The molecule has 2 rings (SSSR count). The van der Waals surface area contributed by atoms with Crippen LogP contribution < -0.4 is 0 Å². The van der Waals surface area contributed by atoms with Crippen molar-refractivity contribution >= 4 is 22.5 Å². The molecule has 1 aromatic carbocycles. The smallest absolute Gasteiger partial charge is 0.0890 e. The van der Waals surface area contributed by atoms with E-state index < -0.39 is 0 Å². The molecule has 1 aromatic heterocycles. The van der Waals surface area contributed by atoms with Crippen LogP contribution in [0.1, 0.15) is 12.5 Å². The van der Waals surface area contributed by atoms with Gasteiger partial charge in [-0.05, 0) is 24.1 Å². The van der Waals surface area contributed by atoms with Crippen LogP contribution in [-0.4, -0.2) is 4.98 Å². The summed E-state index contributed by atoms with van der Waals surface area (Å²) in [5, 5.41) is 1.89. The minimum atomic E-state index is 0.729. The van der Waals surface area contributed by atoms with Crippen LogP contribution in [0.5, 0.6) is 0 Å². The summed E-state index contributed by atoms with van der Waals surface area (Å²) in [5.41, 5.74) is 2.20. The molecule has 0 fully saturated rings. The fourth-order valence-electron chi connectivity index (χ4n) is 1.51. The molecule has 2 aromatic rings. The molecule has 0 aliphatic heterocycles. The number of hydrogen-bond donors (Lipinski definition) is 0. The summed E-state index contributed by atoms with van der Waals surface area (Å²) in [6.07, 6.45) is 2.83. The number of para-hydroxylation sites is 1. The van der Waals surface area contributed by atoms with Crippen molar-refractivity contribution < 1.29 is 0 Å². The lowest BCUT2D eigenvalue weighted by atomic mass is 10.1. The van der Waals surface area contributed by atoms with Crippen molar-refractivity contribution in [3.05, 3.63) is 41.0 Å². The quantitative estimate of drug-likeness (QED) is 0.673. The number of rotatable bonds is 1. The van der Waals surface area contributed by atoms with Crippen molar-refractivity contribution in [2.75, 3.05) is 0 Å². The normalized spacial score (nSPS) is 10.6. The van der Waals surface area contributed by atoms with E-state index in [9.17, 15) is 0 Å². The van der Waals surface area contributed by atoms with Crippen LogP contribution in [-0.2, 0) is 6.42 Å². The van der Waals surface area contributed by atoms with Gasteiger partial charge in [0.25, 0.3) is 0 Å². The van der Waals surface area contributed by atoms with Crippen LogP contribution in [0.3, 0.4) is 0 Å². The fourth-order valence-corrected chi connectivity index (χ4v) is 1.73. The van der Waals surface area contributed by atoms with E-state index in [-0.39, 0.29) is 0 Å². The summed E-state index contributed by atoms with van der Waals surface area (Å²) in [5.74, 6) is 0. The van der Waals surface area contributed by atoms with Gasteiger partial charge < -0.3 is 0 Å². The van der Waals surface area contributed by atoms with Gasteiger partial charge in [0, 0.05) is 11.6 Å². The Kier molecular flexibility index (Phi) is 2.19. The van der Waals surface area contributed by atoms with Gasteiger partial charge in [0.15, 0.2) is 0 Å². The summed E-state index contributed by atoms with van der Waals surface area (Å²) in [6.45, 7) is 2.13. The first kappa shape index (κ1) is 8.52. The highest BCUT2D eigenvalue weighted by atomic mass is 35.5. The molecule has 2 heteroatoms. The van der Waals surface area contributed by atoms with Crippen molar-refractivity contribution in [2.24, 2.45) is 0 Å². The Morgan fingerprint density at radius 3 is 2.92 bits per heavy atom. The van der Waals surface area contributed by atoms with Crippen molar-refractivity contribution in [3.8, 4) is 0 Å². The van der Waals surface area contributed by atoms with Gasteiger partial charge in [0.05, 0.1) is 10.5 Å². The Morgan fingerprint density at radius 2 is 2.15 bits per heavy atom. The lowest BCUT2D eigenvalue weighted by Crippen LogP contribution is -1.86. The number of nitrogens with zero attached hydrogens (tertiary/aromatic N) is 1. The molecule has 0 saturated carbocycles. The number of halogens is 1. The topological polar surface area (TPSA) is 12.9 Å². The number of fused-ring (bicyclic) bond motifs is 1. The van der Waals surface area contributed by atoms with Gasteiger partial charge in [-0.25, -0.2) is 0 Å². The van der Waals surface area contributed by atoms with Gasteiger partial charge in [0.1, 0.15) is 0 Å². The average molecular weight is 192 g/mol. The number of aromatic nitrogens is 1. The highest BCUT2D eigenvalue weighted by Gasteiger charge is 2.02. The molecule has 0 saturated heterocycles. The minimum absolute atomic E-state index is 0.729. The number of hydrogen-bond acceptors (Lipinski definition) is 1. The molecule has 1 heterocycles. The van der Waals surface area contributed by atoms with Crippen LogP contribution in [0.25, 0.3) is 10.9 Å². The predicted octanol–water partition coefficient (Wildman–Crippen LogP) is 3.45. The SMILES string of the molecule is CCc1ccnc2c(Cl)cccc12. The second-order valence-electron chi connectivity index (χ2n) is 2.96. The molecule has 1 nitrogen and oxygen atoms in total. The summed E-state index contributed by atoms with van der Waals surface area (Å²) < 4.78 is 0. The van der Waals surface area contributed by atoms with Gasteiger partial charge in [0.2, 0.25) is 0 Å². The lowest BCUT2D eigenvalue weighted by Gasteiger charge is -2.03. The Balaban J connectivity index is 2.84. The Morgan fingerprint density at radius 1 is 1.31 bits per heavy atom. The fraction of sp³-hybridized carbons (Fsp3) is 0.182. The zero-order valence-corrected chi connectivity index (χ0v) is 8.17. The first-order valence-electron chi connectivity index (χ1n) is 4.35. The molecule has 0 unspecified atom stereocenters. The zero-order chi connectivity index (χ0) is 9.26. The maximum Gasteiger partial charge on any atom is 0.0890 e. The number of pyridine rings is 1. The molecule has 13 heavy (non-hydrogen) atoms. The van der Waals surface area contributed by atoms with Crippen LogP contribution >= 0.6 is 11.6 Å². The largest absolute Gasteiger partial charge is 0.255 e. The second kappa shape index (κ2) is 3.35. The first-order chi connectivity index (χ1) is 6.33. The maximum atomic E-state index is 6.02. The van der Waals surface area contributed by atoms with Crippen LogP contribution in [0.2, 0.25) is 5.02 Å². The minimum Gasteiger partial charge on any atom is -0.255 e. The van der Waals surface area contributed by atoms with E-state index in [1.807, 2.05) is 24.4 Å². The van der Waals surface area contributed by atoms with Gasteiger partial charge in [-0.2, -0.15) is 0 Å².